The van der Waals surface area contributed by atoms with Gasteiger partial charge in [-0.2, -0.15) is 0 Å². The van der Waals surface area contributed by atoms with E-state index in [4.69, 9.17) is 4.74 Å². The number of rotatable bonds is 7. The molecular weight excluding hydrogens is 354 g/mol. The van der Waals surface area contributed by atoms with Crippen LogP contribution in [0.4, 0.5) is 10.7 Å². The number of nitrogens with one attached hydrogen (secondary N) is 1. The van der Waals surface area contributed by atoms with E-state index in [1.165, 1.54) is 0 Å². The van der Waals surface area contributed by atoms with E-state index in [1.807, 2.05) is 0 Å². The van der Waals surface area contributed by atoms with Crippen LogP contribution in [0.25, 0.3) is 0 Å². The summed E-state index contributed by atoms with van der Waals surface area (Å²) >= 11 is 0.911. The molecule has 0 amide bonds. The Morgan fingerprint density at radius 3 is 2.54 bits per heavy atom. The summed E-state index contributed by atoms with van der Waals surface area (Å²) in [5, 5.41) is 14.6. The zero-order valence-electron chi connectivity index (χ0n) is 14.0. The predicted octanol–water partition coefficient (Wildman–Crippen LogP) is 1.83. The van der Waals surface area contributed by atoms with Gasteiger partial charge in [0.05, 0.1) is 18.1 Å². The highest BCUT2D eigenvalue weighted by molar-refractivity contribution is 7.92. The maximum atomic E-state index is 11.7. The summed E-state index contributed by atoms with van der Waals surface area (Å²) < 4.78 is 28.7. The first kappa shape index (κ1) is 19.1. The largest absolute Gasteiger partial charge is 0.379 e. The number of anilines is 1. The van der Waals surface area contributed by atoms with Crippen LogP contribution in [0.5, 0.6) is 0 Å². The van der Waals surface area contributed by atoms with E-state index in [1.54, 1.807) is 0 Å². The Kier molecular flexibility index (Phi) is 6.18. The minimum atomic E-state index is -3.47. The van der Waals surface area contributed by atoms with Crippen molar-refractivity contribution in [3.8, 4) is 0 Å². The zero-order chi connectivity index (χ0) is 17.9. The Hall–Kier alpha value is -1.23. The number of thiophene rings is 1. The zero-order valence-corrected chi connectivity index (χ0v) is 15.7. The second-order valence-electron chi connectivity index (χ2n) is 6.15. The molecule has 1 fully saturated rings. The molecule has 1 aliphatic heterocycles. The van der Waals surface area contributed by atoms with Gasteiger partial charge in [-0.25, -0.2) is 8.42 Å². The molecule has 0 aromatic carbocycles. The summed E-state index contributed by atoms with van der Waals surface area (Å²) in [6, 6.07) is 1.32. The molecule has 0 spiro atoms. The van der Waals surface area contributed by atoms with E-state index >= 15 is 0 Å². The minimum absolute atomic E-state index is 0.00386. The van der Waals surface area contributed by atoms with E-state index in [-0.39, 0.29) is 15.9 Å². The molecule has 1 aliphatic rings. The van der Waals surface area contributed by atoms with Crippen molar-refractivity contribution in [1.29, 1.82) is 0 Å². The molecule has 2 rings (SSSR count). The van der Waals surface area contributed by atoms with Gasteiger partial charge in [0, 0.05) is 38.0 Å². The van der Waals surface area contributed by atoms with Crippen molar-refractivity contribution in [2.24, 2.45) is 5.92 Å². The topological polar surface area (TPSA) is 102 Å². The normalized spacial score (nSPS) is 17.8. The van der Waals surface area contributed by atoms with E-state index in [9.17, 15) is 18.5 Å². The van der Waals surface area contributed by atoms with Gasteiger partial charge in [-0.05, 0) is 5.92 Å². The van der Waals surface area contributed by atoms with Crippen LogP contribution in [0.3, 0.4) is 0 Å². The van der Waals surface area contributed by atoms with Crippen molar-refractivity contribution in [2.75, 3.05) is 44.4 Å². The number of sulfone groups is 1. The summed E-state index contributed by atoms with van der Waals surface area (Å²) in [4.78, 5) is 12.9. The summed E-state index contributed by atoms with van der Waals surface area (Å²) in [6.45, 7) is 7.74. The van der Waals surface area contributed by atoms with Crippen LogP contribution in [0.2, 0.25) is 0 Å². The number of hydrogen-bond acceptors (Lipinski definition) is 8. The predicted molar refractivity (Wildman–Crippen MR) is 93.6 cm³/mol. The highest BCUT2D eigenvalue weighted by Crippen LogP contribution is 2.37. The number of nitro groups is 1. The second kappa shape index (κ2) is 7.77. The third kappa shape index (κ3) is 4.65. The lowest BCUT2D eigenvalue weighted by atomic mass is 10.0. The van der Waals surface area contributed by atoms with Crippen molar-refractivity contribution in [3.05, 3.63) is 16.2 Å². The number of nitrogens with zero attached hydrogens (tertiary/aromatic N) is 2. The van der Waals surface area contributed by atoms with E-state index in [2.05, 4.69) is 24.1 Å². The fraction of sp³-hybridized carbons (Fsp3) is 0.714. The van der Waals surface area contributed by atoms with Crippen molar-refractivity contribution in [1.82, 2.24) is 4.90 Å². The Balaban J connectivity index is 2.16. The number of hydrogen-bond donors (Lipinski definition) is 1. The molecule has 1 unspecified atom stereocenters. The maximum Gasteiger partial charge on any atom is 0.304 e. The van der Waals surface area contributed by atoms with Crippen molar-refractivity contribution < 1.29 is 18.1 Å². The Labute approximate surface area is 145 Å². The summed E-state index contributed by atoms with van der Waals surface area (Å²) in [5.74, 6) is 0.351. The molecule has 1 N–H and O–H groups in total. The van der Waals surface area contributed by atoms with Crippen LogP contribution in [0.15, 0.2) is 10.3 Å². The van der Waals surface area contributed by atoms with Crippen LogP contribution in [0.1, 0.15) is 13.8 Å². The Bertz CT molecular complexity index is 681. The third-order valence-electron chi connectivity index (χ3n) is 4.01. The molecule has 24 heavy (non-hydrogen) atoms. The van der Waals surface area contributed by atoms with Gasteiger partial charge in [-0.1, -0.05) is 25.2 Å². The standard InChI is InChI=1S/C14H23N3O5S2/c1-10(2)12(16-4-6-22-7-5-16)9-15-14-11(17(18)19)8-13(23-14)24(3,20)21/h8,10,12,15H,4-7,9H2,1-3H3. The third-order valence-corrected chi connectivity index (χ3v) is 6.89. The lowest BCUT2D eigenvalue weighted by molar-refractivity contribution is -0.383. The van der Waals surface area contributed by atoms with Gasteiger partial charge in [0.25, 0.3) is 0 Å². The molecule has 1 aromatic heterocycles. The molecule has 0 aliphatic carbocycles. The smallest absolute Gasteiger partial charge is 0.304 e. The van der Waals surface area contributed by atoms with Gasteiger partial charge in [0.2, 0.25) is 0 Å². The molecule has 10 heteroatoms. The average Bonchev–Trinajstić information content (AvgIpc) is 2.93. The first-order chi connectivity index (χ1) is 11.2. The van der Waals surface area contributed by atoms with Crippen molar-refractivity contribution >= 4 is 31.9 Å². The molecule has 2 heterocycles. The minimum Gasteiger partial charge on any atom is -0.379 e. The van der Waals surface area contributed by atoms with E-state index < -0.39 is 14.8 Å². The molecule has 8 nitrogen and oxygen atoms in total. The van der Waals surface area contributed by atoms with Crippen LogP contribution >= 0.6 is 11.3 Å². The Morgan fingerprint density at radius 2 is 2.04 bits per heavy atom. The second-order valence-corrected chi connectivity index (χ2v) is 9.44. The summed E-state index contributed by atoms with van der Waals surface area (Å²) in [7, 11) is -3.47. The fourth-order valence-corrected chi connectivity index (χ4v) is 4.64. The van der Waals surface area contributed by atoms with Gasteiger partial charge in [0.15, 0.2) is 14.8 Å². The molecule has 0 saturated carbocycles. The van der Waals surface area contributed by atoms with E-state index in [0.717, 1.165) is 36.7 Å². The molecule has 136 valence electrons. The SMILES string of the molecule is CC(C)C(CNc1sc(S(C)(=O)=O)cc1[N+](=O)[O-])N1CCOCC1. The molecule has 0 radical (unpaired) electrons. The van der Waals surface area contributed by atoms with Crippen LogP contribution in [0, 0.1) is 16.0 Å². The summed E-state index contributed by atoms with van der Waals surface area (Å²) in [6.07, 6.45) is 1.05. The molecule has 0 bridgehead atoms. The number of ether oxygens (including phenoxy) is 1. The Morgan fingerprint density at radius 1 is 1.42 bits per heavy atom. The van der Waals surface area contributed by atoms with Gasteiger partial charge in [0.1, 0.15) is 4.21 Å². The van der Waals surface area contributed by atoms with Crippen LogP contribution in [-0.4, -0.2) is 63.4 Å². The monoisotopic (exact) mass is 377 g/mol. The number of morpholine rings is 1. The molecular formula is C14H23N3O5S2. The maximum absolute atomic E-state index is 11.7. The molecule has 1 aromatic rings. The average molecular weight is 377 g/mol. The molecule has 1 atom stereocenters. The van der Waals surface area contributed by atoms with Gasteiger partial charge in [-0.15, -0.1) is 0 Å². The highest BCUT2D eigenvalue weighted by atomic mass is 32.2. The van der Waals surface area contributed by atoms with Crippen molar-refractivity contribution in [3.63, 3.8) is 0 Å². The molecule has 1 saturated heterocycles. The van der Waals surface area contributed by atoms with Crippen LogP contribution in [-0.2, 0) is 14.6 Å². The van der Waals surface area contributed by atoms with Gasteiger partial charge >= 0.3 is 5.69 Å². The highest BCUT2D eigenvalue weighted by Gasteiger charge is 2.27. The quantitative estimate of drug-likeness (QED) is 0.571. The van der Waals surface area contributed by atoms with Gasteiger partial charge < -0.3 is 10.1 Å². The van der Waals surface area contributed by atoms with Crippen molar-refractivity contribution in [2.45, 2.75) is 24.1 Å². The first-order valence-corrected chi connectivity index (χ1v) is 10.4. The van der Waals surface area contributed by atoms with Gasteiger partial charge in [-0.3, -0.25) is 15.0 Å². The lowest BCUT2D eigenvalue weighted by Crippen LogP contribution is -2.49. The van der Waals surface area contributed by atoms with E-state index in [0.29, 0.717) is 30.7 Å². The lowest BCUT2D eigenvalue weighted by Gasteiger charge is -2.36. The van der Waals surface area contributed by atoms with Crippen LogP contribution < -0.4 is 5.32 Å². The fourth-order valence-electron chi connectivity index (χ4n) is 2.70. The summed E-state index contributed by atoms with van der Waals surface area (Å²) in [5.41, 5.74) is -0.190. The first-order valence-electron chi connectivity index (χ1n) is 7.74.